The van der Waals surface area contributed by atoms with Gasteiger partial charge in [-0.25, -0.2) is 4.99 Å². The fourth-order valence-electron chi connectivity index (χ4n) is 2.03. The Hall–Kier alpha value is -0.640. The molecule has 0 aliphatic rings. The Morgan fingerprint density at radius 3 is 2.54 bits per heavy atom. The van der Waals surface area contributed by atoms with Gasteiger partial charge in [-0.3, -0.25) is 0 Å². The van der Waals surface area contributed by atoms with Gasteiger partial charge in [-0.1, -0.05) is 28.1 Å². The molecule has 0 bridgehead atoms. The summed E-state index contributed by atoms with van der Waals surface area (Å²) < 4.78 is 1.06. The van der Waals surface area contributed by atoms with Crippen molar-refractivity contribution in [2.75, 3.05) is 13.1 Å². The predicted octanol–water partition coefficient (Wildman–Crippen LogP) is 4.09. The summed E-state index contributed by atoms with van der Waals surface area (Å²) >= 11 is 5.01. The minimum Gasteiger partial charge on any atom is -0.384 e. The number of benzene rings is 1. The zero-order chi connectivity index (χ0) is 16.7. The molecule has 0 saturated carbocycles. The lowest BCUT2D eigenvalue weighted by Crippen LogP contribution is -2.44. The summed E-state index contributed by atoms with van der Waals surface area (Å²) in [5.74, 6) is 0.700. The first-order chi connectivity index (χ1) is 11.0. The summed E-state index contributed by atoms with van der Waals surface area (Å²) in [7, 11) is 0. The summed E-state index contributed by atoms with van der Waals surface area (Å²) in [6.07, 6.45) is 0. The van der Waals surface area contributed by atoms with Gasteiger partial charge in [0.2, 0.25) is 0 Å². The van der Waals surface area contributed by atoms with Gasteiger partial charge in [-0.15, -0.1) is 24.0 Å². The third-order valence-corrected chi connectivity index (χ3v) is 4.63. The van der Waals surface area contributed by atoms with Crippen molar-refractivity contribution >= 4 is 57.2 Å². The van der Waals surface area contributed by atoms with E-state index in [2.05, 4.69) is 31.6 Å². The monoisotopic (exact) mass is 523 g/mol. The second-order valence-electron chi connectivity index (χ2n) is 5.46. The lowest BCUT2D eigenvalue weighted by molar-refractivity contribution is 0.0621. The molecule has 1 aromatic carbocycles. The molecule has 132 valence electrons. The van der Waals surface area contributed by atoms with Gasteiger partial charge >= 0.3 is 0 Å². The zero-order valence-electron chi connectivity index (χ0n) is 13.8. The van der Waals surface area contributed by atoms with Crippen molar-refractivity contribution in [3.8, 4) is 0 Å². The Labute approximate surface area is 172 Å². The van der Waals surface area contributed by atoms with Crippen molar-refractivity contribution in [3.05, 3.63) is 56.7 Å². The van der Waals surface area contributed by atoms with Crippen molar-refractivity contribution in [1.29, 1.82) is 0 Å². The average Bonchev–Trinajstić information content (AvgIpc) is 3.07. The molecule has 0 aliphatic heterocycles. The molecule has 1 heterocycles. The van der Waals surface area contributed by atoms with Gasteiger partial charge in [0.05, 0.1) is 13.1 Å². The van der Waals surface area contributed by atoms with Crippen molar-refractivity contribution in [3.63, 3.8) is 0 Å². The molecule has 2 aromatic rings. The highest BCUT2D eigenvalue weighted by atomic mass is 127. The minimum atomic E-state index is -0.923. The van der Waals surface area contributed by atoms with Crippen LogP contribution in [0.3, 0.4) is 0 Å². The van der Waals surface area contributed by atoms with Crippen molar-refractivity contribution in [2.24, 2.45) is 4.99 Å². The SMILES string of the molecule is CCNC(=NCc1ccc(Br)cc1)NCC(C)(O)c1ccsc1.I. The lowest BCUT2D eigenvalue weighted by atomic mass is 9.99. The Morgan fingerprint density at radius 2 is 1.96 bits per heavy atom. The van der Waals surface area contributed by atoms with E-state index in [4.69, 9.17) is 0 Å². The van der Waals surface area contributed by atoms with E-state index in [0.717, 1.165) is 22.1 Å². The largest absolute Gasteiger partial charge is 0.384 e. The van der Waals surface area contributed by atoms with Crippen LogP contribution in [0.5, 0.6) is 0 Å². The van der Waals surface area contributed by atoms with E-state index >= 15 is 0 Å². The molecular formula is C17H23BrIN3OS. The van der Waals surface area contributed by atoms with Crippen LogP contribution in [-0.2, 0) is 12.1 Å². The molecule has 2 rings (SSSR count). The summed E-state index contributed by atoms with van der Waals surface area (Å²) in [4.78, 5) is 4.57. The number of halogens is 2. The number of aliphatic hydroxyl groups is 1. The second-order valence-corrected chi connectivity index (χ2v) is 7.16. The fourth-order valence-corrected chi connectivity index (χ4v) is 3.08. The van der Waals surface area contributed by atoms with Gasteiger partial charge in [0.25, 0.3) is 0 Å². The van der Waals surface area contributed by atoms with Gasteiger partial charge in [0.15, 0.2) is 5.96 Å². The van der Waals surface area contributed by atoms with Gasteiger partial charge in [-0.2, -0.15) is 11.3 Å². The first-order valence-electron chi connectivity index (χ1n) is 7.53. The molecule has 0 aliphatic carbocycles. The van der Waals surface area contributed by atoms with Crippen LogP contribution in [0.15, 0.2) is 50.6 Å². The number of aliphatic imine (C=N–C) groups is 1. The normalized spacial score (nSPS) is 13.8. The minimum absolute atomic E-state index is 0. The number of thiophene rings is 1. The summed E-state index contributed by atoms with van der Waals surface area (Å²) in [5, 5.41) is 20.9. The Balaban J connectivity index is 0.00000288. The molecular weight excluding hydrogens is 501 g/mol. The number of hydrogen-bond acceptors (Lipinski definition) is 3. The van der Waals surface area contributed by atoms with Crippen molar-refractivity contribution < 1.29 is 5.11 Å². The Morgan fingerprint density at radius 1 is 1.25 bits per heavy atom. The first-order valence-corrected chi connectivity index (χ1v) is 9.26. The highest BCUT2D eigenvalue weighted by Crippen LogP contribution is 2.21. The Bertz CT molecular complexity index is 630. The van der Waals surface area contributed by atoms with E-state index < -0.39 is 5.60 Å². The quantitative estimate of drug-likeness (QED) is 0.303. The van der Waals surface area contributed by atoms with E-state index in [9.17, 15) is 5.11 Å². The summed E-state index contributed by atoms with van der Waals surface area (Å²) in [6, 6.07) is 10.0. The maximum Gasteiger partial charge on any atom is 0.191 e. The molecule has 1 aromatic heterocycles. The van der Waals surface area contributed by atoms with E-state index in [-0.39, 0.29) is 24.0 Å². The van der Waals surface area contributed by atoms with Crippen LogP contribution in [0.1, 0.15) is 25.0 Å². The standard InChI is InChI=1S/C17H22BrN3OS.HI/c1-3-19-16(20-10-13-4-6-15(18)7-5-13)21-12-17(2,22)14-8-9-23-11-14;/h4-9,11,22H,3,10,12H2,1-2H3,(H2,19,20,21);1H. The molecule has 3 N–H and O–H groups in total. The zero-order valence-corrected chi connectivity index (χ0v) is 18.5. The van der Waals surface area contributed by atoms with Gasteiger partial charge < -0.3 is 15.7 Å². The van der Waals surface area contributed by atoms with Crippen molar-refractivity contribution in [2.45, 2.75) is 26.0 Å². The predicted molar refractivity (Wildman–Crippen MR) is 116 cm³/mol. The number of nitrogens with zero attached hydrogens (tertiary/aromatic N) is 1. The second kappa shape index (κ2) is 10.4. The van der Waals surface area contributed by atoms with Crippen LogP contribution < -0.4 is 10.6 Å². The topological polar surface area (TPSA) is 56.7 Å². The van der Waals surface area contributed by atoms with Crippen molar-refractivity contribution in [1.82, 2.24) is 10.6 Å². The molecule has 1 unspecified atom stereocenters. The van der Waals surface area contributed by atoms with Crippen LogP contribution in [0.2, 0.25) is 0 Å². The van der Waals surface area contributed by atoms with Crippen LogP contribution in [-0.4, -0.2) is 24.2 Å². The van der Waals surface area contributed by atoms with E-state index in [1.165, 1.54) is 0 Å². The van der Waals surface area contributed by atoms with Crippen LogP contribution >= 0.6 is 51.2 Å². The highest BCUT2D eigenvalue weighted by Gasteiger charge is 2.23. The third kappa shape index (κ3) is 6.70. The maximum atomic E-state index is 10.6. The number of hydrogen-bond donors (Lipinski definition) is 3. The van der Waals surface area contributed by atoms with Gasteiger partial charge in [0, 0.05) is 11.0 Å². The fraction of sp³-hybridized carbons (Fsp3) is 0.353. The van der Waals surface area contributed by atoms with E-state index in [1.807, 2.05) is 48.0 Å². The lowest BCUT2D eigenvalue weighted by Gasteiger charge is -2.24. The molecule has 0 spiro atoms. The van der Waals surface area contributed by atoms with Gasteiger partial charge in [-0.05, 0) is 53.9 Å². The number of nitrogens with one attached hydrogen (secondary N) is 2. The Kier molecular flexibility index (Phi) is 9.25. The third-order valence-electron chi connectivity index (χ3n) is 3.42. The molecule has 7 heteroatoms. The van der Waals surface area contributed by atoms with Gasteiger partial charge in [0.1, 0.15) is 5.60 Å². The molecule has 1 atom stereocenters. The summed E-state index contributed by atoms with van der Waals surface area (Å²) in [5.41, 5.74) is 1.13. The first kappa shape index (κ1) is 21.4. The summed E-state index contributed by atoms with van der Waals surface area (Å²) in [6.45, 7) is 5.58. The van der Waals surface area contributed by atoms with Crippen LogP contribution in [0.4, 0.5) is 0 Å². The maximum absolute atomic E-state index is 10.6. The highest BCUT2D eigenvalue weighted by molar-refractivity contribution is 14.0. The molecule has 24 heavy (non-hydrogen) atoms. The van der Waals surface area contributed by atoms with Crippen LogP contribution in [0, 0.1) is 0 Å². The van der Waals surface area contributed by atoms with E-state index in [0.29, 0.717) is 19.0 Å². The molecule has 0 saturated heterocycles. The van der Waals surface area contributed by atoms with E-state index in [1.54, 1.807) is 18.3 Å². The molecule has 0 fully saturated rings. The molecule has 0 radical (unpaired) electrons. The molecule has 0 amide bonds. The smallest absolute Gasteiger partial charge is 0.191 e. The van der Waals surface area contributed by atoms with Crippen LogP contribution in [0.25, 0.3) is 0 Å². The number of guanidine groups is 1. The number of rotatable bonds is 6. The average molecular weight is 524 g/mol. The molecule has 4 nitrogen and oxygen atoms in total.